The molecule has 1 aliphatic carbocycles. The number of nitrogens with zero attached hydrogens (tertiary/aromatic N) is 1. The number of carbonyl (C=O) groups excluding carboxylic acids is 1. The smallest absolute Gasteiger partial charge is 0.221 e. The first-order chi connectivity index (χ1) is 9.74. The molecule has 0 bridgehead atoms. The molecular weight excluding hydrogens is 252 g/mol. The molecule has 0 unspecified atom stereocenters. The van der Waals surface area contributed by atoms with Gasteiger partial charge in [0, 0.05) is 17.8 Å². The van der Waals surface area contributed by atoms with Gasteiger partial charge < -0.3 is 10.3 Å². The topological polar surface area (TPSA) is 73.6 Å². The lowest BCUT2D eigenvalue weighted by atomic mass is 9.93. The highest BCUT2D eigenvalue weighted by Crippen LogP contribution is 2.39. The van der Waals surface area contributed by atoms with Crippen LogP contribution in [0.3, 0.4) is 0 Å². The number of aromatic nitrogens is 3. The Labute approximate surface area is 115 Å². The van der Waals surface area contributed by atoms with Crippen LogP contribution in [0.4, 0.5) is 5.69 Å². The Hall–Kier alpha value is -2.56. The average molecular weight is 266 g/mol. The zero-order chi connectivity index (χ0) is 13.7. The van der Waals surface area contributed by atoms with E-state index in [0.717, 1.165) is 40.8 Å². The third kappa shape index (κ3) is 1.49. The molecule has 1 aliphatic rings. The van der Waals surface area contributed by atoms with Crippen LogP contribution in [0.15, 0.2) is 24.4 Å². The van der Waals surface area contributed by atoms with Crippen LogP contribution < -0.4 is 5.32 Å². The number of hydrogen-bond acceptors (Lipinski definition) is 2. The van der Waals surface area contributed by atoms with Crippen molar-refractivity contribution in [1.29, 1.82) is 0 Å². The van der Waals surface area contributed by atoms with Crippen molar-refractivity contribution in [1.82, 2.24) is 15.2 Å². The van der Waals surface area contributed by atoms with Crippen molar-refractivity contribution in [2.45, 2.75) is 19.8 Å². The zero-order valence-electron chi connectivity index (χ0n) is 11.1. The van der Waals surface area contributed by atoms with E-state index in [9.17, 15) is 4.79 Å². The lowest BCUT2D eigenvalue weighted by Gasteiger charge is -2.12. The van der Waals surface area contributed by atoms with E-state index in [4.69, 9.17) is 0 Å². The number of carbonyl (C=O) groups is 1. The molecule has 1 amide bonds. The zero-order valence-corrected chi connectivity index (χ0v) is 11.1. The molecule has 5 heteroatoms. The summed E-state index contributed by atoms with van der Waals surface area (Å²) in [7, 11) is 0. The van der Waals surface area contributed by atoms with Crippen LogP contribution in [0.25, 0.3) is 22.3 Å². The Morgan fingerprint density at radius 2 is 2.20 bits per heavy atom. The van der Waals surface area contributed by atoms with E-state index in [-0.39, 0.29) is 5.91 Å². The van der Waals surface area contributed by atoms with Gasteiger partial charge in [0.25, 0.3) is 0 Å². The SMILES string of the molecule is CC(=O)Nc1cccc2[nH]c3c(c12)CCc1cn[nH]c1-3. The molecule has 0 aliphatic heterocycles. The van der Waals surface area contributed by atoms with Crippen LogP contribution >= 0.6 is 0 Å². The summed E-state index contributed by atoms with van der Waals surface area (Å²) in [6, 6.07) is 5.93. The molecular formula is C15H14N4O. The van der Waals surface area contributed by atoms with E-state index in [0.29, 0.717) is 0 Å². The number of H-pyrrole nitrogens is 2. The summed E-state index contributed by atoms with van der Waals surface area (Å²) in [4.78, 5) is 14.8. The van der Waals surface area contributed by atoms with Crippen molar-refractivity contribution in [3.8, 4) is 11.4 Å². The third-order valence-electron chi connectivity index (χ3n) is 3.85. The largest absolute Gasteiger partial charge is 0.353 e. The van der Waals surface area contributed by atoms with Crippen LogP contribution in [-0.4, -0.2) is 21.1 Å². The van der Waals surface area contributed by atoms with Gasteiger partial charge in [-0.3, -0.25) is 9.89 Å². The molecule has 2 heterocycles. The van der Waals surface area contributed by atoms with Crippen molar-refractivity contribution in [3.05, 3.63) is 35.5 Å². The second-order valence-electron chi connectivity index (χ2n) is 5.16. The minimum atomic E-state index is -0.0505. The van der Waals surface area contributed by atoms with E-state index < -0.39 is 0 Å². The summed E-state index contributed by atoms with van der Waals surface area (Å²) in [5.41, 5.74) is 6.57. The van der Waals surface area contributed by atoms with Gasteiger partial charge >= 0.3 is 0 Å². The number of anilines is 1. The molecule has 0 atom stereocenters. The second kappa shape index (κ2) is 3.96. The number of amides is 1. The highest BCUT2D eigenvalue weighted by molar-refractivity contribution is 6.05. The lowest BCUT2D eigenvalue weighted by Crippen LogP contribution is -2.07. The standard InChI is InChI=1S/C15H14N4O/c1-8(20)17-11-3-2-4-12-13(11)10-6-5-9-7-16-19-14(9)15(10)18-12/h2-4,7,18H,5-6H2,1H3,(H,16,19)(H,17,20). The van der Waals surface area contributed by atoms with Gasteiger partial charge in [0.05, 0.1) is 23.3 Å². The lowest BCUT2D eigenvalue weighted by molar-refractivity contribution is -0.114. The summed E-state index contributed by atoms with van der Waals surface area (Å²) < 4.78 is 0. The Balaban J connectivity index is 2.01. The van der Waals surface area contributed by atoms with Crippen LogP contribution in [0, 0.1) is 0 Å². The van der Waals surface area contributed by atoms with Crippen molar-refractivity contribution < 1.29 is 4.79 Å². The third-order valence-corrected chi connectivity index (χ3v) is 3.85. The van der Waals surface area contributed by atoms with Gasteiger partial charge in [0.2, 0.25) is 5.91 Å². The summed E-state index contributed by atoms with van der Waals surface area (Å²) in [6.07, 6.45) is 3.82. The molecule has 0 radical (unpaired) electrons. The molecule has 20 heavy (non-hydrogen) atoms. The first kappa shape index (κ1) is 11.3. The van der Waals surface area contributed by atoms with Crippen LogP contribution in [0.1, 0.15) is 18.1 Å². The second-order valence-corrected chi connectivity index (χ2v) is 5.16. The molecule has 2 aromatic heterocycles. The fraction of sp³-hybridized carbons (Fsp3) is 0.200. The number of benzene rings is 1. The fourth-order valence-electron chi connectivity index (χ4n) is 3.05. The predicted octanol–water partition coefficient (Wildman–Crippen LogP) is 2.62. The highest BCUT2D eigenvalue weighted by atomic mass is 16.1. The molecule has 0 fully saturated rings. The molecule has 100 valence electrons. The fourth-order valence-corrected chi connectivity index (χ4v) is 3.05. The Morgan fingerprint density at radius 1 is 1.30 bits per heavy atom. The summed E-state index contributed by atoms with van der Waals surface area (Å²) >= 11 is 0. The minimum Gasteiger partial charge on any atom is -0.353 e. The van der Waals surface area contributed by atoms with Gasteiger partial charge in [0.15, 0.2) is 0 Å². The van der Waals surface area contributed by atoms with Crippen LogP contribution in [0.5, 0.6) is 0 Å². The number of hydrogen-bond donors (Lipinski definition) is 3. The monoisotopic (exact) mass is 266 g/mol. The quantitative estimate of drug-likeness (QED) is 0.633. The van der Waals surface area contributed by atoms with Gasteiger partial charge in [-0.25, -0.2) is 0 Å². The van der Waals surface area contributed by atoms with E-state index in [1.165, 1.54) is 18.1 Å². The van der Waals surface area contributed by atoms with Gasteiger partial charge in [-0.05, 0) is 36.1 Å². The Kier molecular flexibility index (Phi) is 2.24. The van der Waals surface area contributed by atoms with Gasteiger partial charge in [-0.2, -0.15) is 5.10 Å². The van der Waals surface area contributed by atoms with Crippen molar-refractivity contribution in [2.75, 3.05) is 5.32 Å². The van der Waals surface area contributed by atoms with Gasteiger partial charge in [-0.1, -0.05) is 6.07 Å². The first-order valence-corrected chi connectivity index (χ1v) is 6.68. The molecule has 5 nitrogen and oxygen atoms in total. The maximum atomic E-state index is 11.4. The molecule has 3 N–H and O–H groups in total. The number of aryl methyl sites for hydroxylation is 2. The summed E-state index contributed by atoms with van der Waals surface area (Å²) in [6.45, 7) is 1.53. The predicted molar refractivity (Wildman–Crippen MR) is 77.6 cm³/mol. The number of rotatable bonds is 1. The van der Waals surface area contributed by atoms with E-state index in [1.54, 1.807) is 0 Å². The molecule has 0 saturated carbocycles. The normalized spacial score (nSPS) is 13.1. The van der Waals surface area contributed by atoms with Gasteiger partial charge in [-0.15, -0.1) is 0 Å². The van der Waals surface area contributed by atoms with Crippen LogP contribution in [0.2, 0.25) is 0 Å². The van der Waals surface area contributed by atoms with Crippen molar-refractivity contribution in [2.24, 2.45) is 0 Å². The minimum absolute atomic E-state index is 0.0505. The van der Waals surface area contributed by atoms with Gasteiger partial charge in [0.1, 0.15) is 0 Å². The van der Waals surface area contributed by atoms with Crippen molar-refractivity contribution in [3.63, 3.8) is 0 Å². The Morgan fingerprint density at radius 3 is 3.05 bits per heavy atom. The highest BCUT2D eigenvalue weighted by Gasteiger charge is 2.23. The number of fused-ring (bicyclic) bond motifs is 5. The maximum Gasteiger partial charge on any atom is 0.221 e. The van der Waals surface area contributed by atoms with Crippen LogP contribution in [-0.2, 0) is 17.6 Å². The molecule has 1 aromatic carbocycles. The molecule has 3 aromatic rings. The first-order valence-electron chi connectivity index (χ1n) is 6.68. The Bertz CT molecular complexity index is 828. The summed E-state index contributed by atoms with van der Waals surface area (Å²) in [5, 5.41) is 11.2. The summed E-state index contributed by atoms with van der Waals surface area (Å²) in [5.74, 6) is -0.0505. The average Bonchev–Trinajstić information content (AvgIpc) is 3.01. The molecule has 0 saturated heterocycles. The molecule has 0 spiro atoms. The number of nitrogens with one attached hydrogen (secondary N) is 3. The van der Waals surface area contributed by atoms with E-state index in [2.05, 4.69) is 20.5 Å². The number of aromatic amines is 2. The maximum absolute atomic E-state index is 11.4. The molecule has 4 rings (SSSR count). The van der Waals surface area contributed by atoms with E-state index >= 15 is 0 Å². The van der Waals surface area contributed by atoms with E-state index in [1.807, 2.05) is 24.4 Å². The van der Waals surface area contributed by atoms with Crippen molar-refractivity contribution >= 4 is 22.5 Å².